The number of benzene rings is 2. The standard InChI is InChI=1S/C20H22ClNO3/c1-25-18-6-2-4-16(20(18)24)13-22-11-3-5-15(12-22)19(23)14-7-9-17(21)10-8-14/h2,4,6-10,15,24H,3,5,11-13H2,1H3/t15-/m0/s1. The van der Waals surface area contributed by atoms with E-state index in [4.69, 9.17) is 16.3 Å². The Bertz CT molecular complexity index is 745. The summed E-state index contributed by atoms with van der Waals surface area (Å²) in [5.41, 5.74) is 1.53. The molecule has 1 aliphatic rings. The summed E-state index contributed by atoms with van der Waals surface area (Å²) in [5, 5.41) is 10.9. The molecule has 0 unspecified atom stereocenters. The van der Waals surface area contributed by atoms with Gasteiger partial charge in [-0.3, -0.25) is 9.69 Å². The van der Waals surface area contributed by atoms with Crippen LogP contribution in [-0.4, -0.2) is 36.0 Å². The van der Waals surface area contributed by atoms with Gasteiger partial charge in [-0.2, -0.15) is 0 Å². The van der Waals surface area contributed by atoms with E-state index in [1.807, 2.05) is 12.1 Å². The van der Waals surface area contributed by atoms with E-state index in [1.54, 1.807) is 37.4 Å². The molecule has 2 aromatic rings. The third-order valence-electron chi connectivity index (χ3n) is 4.70. The number of halogens is 1. The number of ketones is 1. The van der Waals surface area contributed by atoms with E-state index in [0.29, 0.717) is 29.4 Å². The number of methoxy groups -OCH3 is 1. The minimum atomic E-state index is -0.0253. The lowest BCUT2D eigenvalue weighted by atomic mass is 9.90. The Hall–Kier alpha value is -2.04. The van der Waals surface area contributed by atoms with Gasteiger partial charge in [-0.15, -0.1) is 0 Å². The van der Waals surface area contributed by atoms with Gasteiger partial charge in [-0.25, -0.2) is 0 Å². The summed E-state index contributed by atoms with van der Waals surface area (Å²) in [4.78, 5) is 15.0. The zero-order valence-electron chi connectivity index (χ0n) is 14.2. The van der Waals surface area contributed by atoms with Crippen LogP contribution in [0.5, 0.6) is 11.5 Å². The molecule has 0 amide bonds. The lowest BCUT2D eigenvalue weighted by Crippen LogP contribution is -2.38. The van der Waals surface area contributed by atoms with Gasteiger partial charge in [0.25, 0.3) is 0 Å². The van der Waals surface area contributed by atoms with Gasteiger partial charge >= 0.3 is 0 Å². The molecule has 0 radical (unpaired) electrons. The number of carbonyl (C=O) groups is 1. The van der Waals surface area contributed by atoms with Gasteiger partial charge in [-0.05, 0) is 49.7 Å². The number of ether oxygens (including phenoxy) is 1. The maximum absolute atomic E-state index is 12.7. The van der Waals surface area contributed by atoms with Crippen molar-refractivity contribution in [3.05, 3.63) is 58.6 Å². The highest BCUT2D eigenvalue weighted by Crippen LogP contribution is 2.31. The summed E-state index contributed by atoms with van der Waals surface area (Å²) in [6.45, 7) is 2.21. The monoisotopic (exact) mass is 359 g/mol. The predicted octanol–water partition coefficient (Wildman–Crippen LogP) is 4.15. The van der Waals surface area contributed by atoms with E-state index in [0.717, 1.165) is 24.9 Å². The molecule has 2 aromatic carbocycles. The molecular formula is C20H22ClNO3. The first-order valence-electron chi connectivity index (χ1n) is 8.45. The zero-order chi connectivity index (χ0) is 17.8. The largest absolute Gasteiger partial charge is 0.504 e. The number of rotatable bonds is 5. The van der Waals surface area contributed by atoms with Crippen LogP contribution in [0.15, 0.2) is 42.5 Å². The molecule has 25 heavy (non-hydrogen) atoms. The average molecular weight is 360 g/mol. The molecule has 1 heterocycles. The van der Waals surface area contributed by atoms with E-state index < -0.39 is 0 Å². The van der Waals surface area contributed by atoms with Crippen LogP contribution in [0.25, 0.3) is 0 Å². The summed E-state index contributed by atoms with van der Waals surface area (Å²) in [5.74, 6) is 0.790. The van der Waals surface area contributed by atoms with Gasteiger partial charge in [0.1, 0.15) is 0 Å². The quantitative estimate of drug-likeness (QED) is 0.815. The summed E-state index contributed by atoms with van der Waals surface area (Å²) < 4.78 is 5.17. The van der Waals surface area contributed by atoms with E-state index in [1.165, 1.54) is 0 Å². The van der Waals surface area contributed by atoms with Gasteiger partial charge in [-0.1, -0.05) is 23.7 Å². The van der Waals surface area contributed by atoms with Crippen molar-refractivity contribution in [2.24, 2.45) is 5.92 Å². The number of nitrogens with zero attached hydrogens (tertiary/aromatic N) is 1. The number of phenolic OH excluding ortho intramolecular Hbond substituents is 1. The highest BCUT2D eigenvalue weighted by Gasteiger charge is 2.27. The van der Waals surface area contributed by atoms with Crippen molar-refractivity contribution in [1.82, 2.24) is 4.90 Å². The molecule has 132 valence electrons. The molecule has 1 aliphatic heterocycles. The number of hydrogen-bond donors (Lipinski definition) is 1. The van der Waals surface area contributed by atoms with Gasteiger partial charge in [0.2, 0.25) is 0 Å². The first-order valence-corrected chi connectivity index (χ1v) is 8.83. The minimum absolute atomic E-state index is 0.0253. The maximum atomic E-state index is 12.7. The SMILES string of the molecule is COc1cccc(CN2CCC[C@H](C(=O)c3ccc(Cl)cc3)C2)c1O. The molecule has 1 atom stereocenters. The average Bonchev–Trinajstić information content (AvgIpc) is 2.64. The van der Waals surface area contributed by atoms with E-state index in [-0.39, 0.29) is 17.5 Å². The highest BCUT2D eigenvalue weighted by atomic mass is 35.5. The normalized spacial score (nSPS) is 18.1. The Balaban J connectivity index is 1.69. The molecular weight excluding hydrogens is 338 g/mol. The summed E-state index contributed by atoms with van der Waals surface area (Å²) in [7, 11) is 1.54. The van der Waals surface area contributed by atoms with E-state index >= 15 is 0 Å². The zero-order valence-corrected chi connectivity index (χ0v) is 15.0. The van der Waals surface area contributed by atoms with Crippen LogP contribution in [-0.2, 0) is 6.54 Å². The molecule has 4 nitrogen and oxygen atoms in total. The Morgan fingerprint density at radius 3 is 2.76 bits per heavy atom. The summed E-state index contributed by atoms with van der Waals surface area (Å²) in [6, 6.07) is 12.6. The van der Waals surface area contributed by atoms with Crippen molar-refractivity contribution in [3.8, 4) is 11.5 Å². The van der Waals surface area contributed by atoms with Crippen LogP contribution in [0.4, 0.5) is 0 Å². The minimum Gasteiger partial charge on any atom is -0.504 e. The molecule has 0 aliphatic carbocycles. The van der Waals surface area contributed by atoms with Crippen molar-refractivity contribution in [2.45, 2.75) is 19.4 Å². The fraction of sp³-hybridized carbons (Fsp3) is 0.350. The van der Waals surface area contributed by atoms with Gasteiger partial charge in [0.05, 0.1) is 7.11 Å². The molecule has 0 bridgehead atoms. The van der Waals surface area contributed by atoms with Crippen molar-refractivity contribution >= 4 is 17.4 Å². The second kappa shape index (κ2) is 7.89. The molecule has 0 saturated carbocycles. The highest BCUT2D eigenvalue weighted by molar-refractivity contribution is 6.30. The predicted molar refractivity (Wildman–Crippen MR) is 98.4 cm³/mol. The molecule has 1 saturated heterocycles. The fourth-order valence-electron chi connectivity index (χ4n) is 3.36. The van der Waals surface area contributed by atoms with E-state index in [2.05, 4.69) is 4.90 Å². The van der Waals surface area contributed by atoms with Crippen LogP contribution >= 0.6 is 11.6 Å². The summed E-state index contributed by atoms with van der Waals surface area (Å²) in [6.07, 6.45) is 1.86. The third kappa shape index (κ3) is 4.14. The van der Waals surface area contributed by atoms with Crippen molar-refractivity contribution < 1.29 is 14.6 Å². The van der Waals surface area contributed by atoms with Gasteiger partial charge in [0, 0.05) is 35.2 Å². The van der Waals surface area contributed by atoms with Gasteiger partial charge in [0.15, 0.2) is 17.3 Å². The topological polar surface area (TPSA) is 49.8 Å². The molecule has 3 rings (SSSR count). The van der Waals surface area contributed by atoms with Crippen LogP contribution in [0, 0.1) is 5.92 Å². The second-order valence-electron chi connectivity index (χ2n) is 6.41. The van der Waals surface area contributed by atoms with Crippen LogP contribution in [0.3, 0.4) is 0 Å². The molecule has 1 fully saturated rings. The molecule has 0 aromatic heterocycles. The number of para-hydroxylation sites is 1. The number of aromatic hydroxyl groups is 1. The van der Waals surface area contributed by atoms with Crippen LogP contribution < -0.4 is 4.74 Å². The Morgan fingerprint density at radius 1 is 1.28 bits per heavy atom. The maximum Gasteiger partial charge on any atom is 0.167 e. The van der Waals surface area contributed by atoms with E-state index in [9.17, 15) is 9.90 Å². The molecule has 0 spiro atoms. The first kappa shape index (κ1) is 17.8. The second-order valence-corrected chi connectivity index (χ2v) is 6.85. The lowest BCUT2D eigenvalue weighted by Gasteiger charge is -2.32. The van der Waals surface area contributed by atoms with Crippen molar-refractivity contribution in [1.29, 1.82) is 0 Å². The smallest absolute Gasteiger partial charge is 0.167 e. The Labute approximate surface area is 153 Å². The third-order valence-corrected chi connectivity index (χ3v) is 4.95. The first-order chi connectivity index (χ1) is 12.1. The lowest BCUT2D eigenvalue weighted by molar-refractivity contribution is 0.0810. The number of Topliss-reactive ketones (excluding diaryl/α,β-unsaturated/α-hetero) is 1. The van der Waals surface area contributed by atoms with Crippen molar-refractivity contribution in [2.75, 3.05) is 20.2 Å². The molecule has 5 heteroatoms. The number of hydrogen-bond acceptors (Lipinski definition) is 4. The number of carbonyl (C=O) groups excluding carboxylic acids is 1. The number of piperidine rings is 1. The van der Waals surface area contributed by atoms with Gasteiger partial charge < -0.3 is 9.84 Å². The Morgan fingerprint density at radius 2 is 2.04 bits per heavy atom. The summed E-state index contributed by atoms with van der Waals surface area (Å²) >= 11 is 5.90. The number of likely N-dealkylation sites (tertiary alicyclic amines) is 1. The van der Waals surface area contributed by atoms with Crippen molar-refractivity contribution in [3.63, 3.8) is 0 Å². The van der Waals surface area contributed by atoms with Crippen LogP contribution in [0.2, 0.25) is 5.02 Å². The van der Waals surface area contributed by atoms with Crippen LogP contribution in [0.1, 0.15) is 28.8 Å². The fourth-order valence-corrected chi connectivity index (χ4v) is 3.49. The number of phenols is 1. The Kier molecular flexibility index (Phi) is 5.61. The molecule has 1 N–H and O–H groups in total.